The zero-order chi connectivity index (χ0) is 16.0. The van der Waals surface area contributed by atoms with Crippen LogP contribution in [-0.2, 0) is 0 Å². The number of hydrogen-bond donors (Lipinski definition) is 0. The Morgan fingerprint density at radius 1 is 0.818 bits per heavy atom. The van der Waals surface area contributed by atoms with Crippen LogP contribution in [0.15, 0.2) is 29.3 Å². The molecule has 0 saturated carbocycles. The van der Waals surface area contributed by atoms with Crippen LogP contribution in [0.5, 0.6) is 0 Å². The maximum Gasteiger partial charge on any atom is 0.0389 e. The molecule has 0 bridgehead atoms. The summed E-state index contributed by atoms with van der Waals surface area (Å²) in [7, 11) is 4.12. The van der Waals surface area contributed by atoms with Crippen LogP contribution in [-0.4, -0.2) is 26.9 Å². The normalized spacial score (nSPS) is 11.2. The molecule has 1 rings (SSSR count). The van der Waals surface area contributed by atoms with Crippen molar-refractivity contribution in [2.75, 3.05) is 25.5 Å². The van der Waals surface area contributed by atoms with E-state index in [9.17, 15) is 0 Å². The van der Waals surface area contributed by atoms with E-state index in [1.54, 1.807) is 0 Å². The summed E-state index contributed by atoms with van der Waals surface area (Å²) in [6.45, 7) is 3.24. The van der Waals surface area contributed by atoms with Gasteiger partial charge in [-0.15, -0.1) is 0 Å². The van der Waals surface area contributed by atoms with Crippen molar-refractivity contribution in [1.29, 1.82) is 0 Å². The molecule has 0 saturated heterocycles. The van der Waals surface area contributed by atoms with Gasteiger partial charge in [0.05, 0.1) is 0 Å². The lowest BCUT2D eigenvalue weighted by atomic mass is 10.1. The molecule has 0 aliphatic carbocycles. The Morgan fingerprint density at radius 2 is 1.36 bits per heavy atom. The molecule has 0 unspecified atom stereocenters. The lowest BCUT2D eigenvalue weighted by Crippen LogP contribution is -2.08. The highest BCUT2D eigenvalue weighted by atomic mass is 15.1. The maximum absolute atomic E-state index is 4.54. The molecule has 124 valence electrons. The molecular formula is C20H34N2. The highest BCUT2D eigenvalue weighted by Gasteiger charge is 1.94. The lowest BCUT2D eigenvalue weighted by molar-refractivity contribution is 0.567. The fraction of sp³-hybridized carbons (Fsp3) is 0.650. The fourth-order valence-corrected chi connectivity index (χ4v) is 2.54. The molecule has 22 heavy (non-hydrogen) atoms. The summed E-state index contributed by atoms with van der Waals surface area (Å²) in [5.74, 6) is 0. The molecule has 2 nitrogen and oxygen atoms in total. The number of aliphatic imine (C=N–C) groups is 1. The minimum absolute atomic E-state index is 0.964. The van der Waals surface area contributed by atoms with Gasteiger partial charge in [0.25, 0.3) is 0 Å². The molecule has 0 fully saturated rings. The largest absolute Gasteiger partial charge is 0.378 e. The first-order chi connectivity index (χ1) is 10.7. The fourth-order valence-electron chi connectivity index (χ4n) is 2.54. The highest BCUT2D eigenvalue weighted by Crippen LogP contribution is 2.11. The molecule has 1 aromatic rings. The van der Waals surface area contributed by atoms with Crippen LogP contribution in [0.25, 0.3) is 0 Å². The Morgan fingerprint density at radius 3 is 1.91 bits per heavy atom. The third kappa shape index (κ3) is 8.86. The predicted molar refractivity (Wildman–Crippen MR) is 100 cm³/mol. The molecule has 2 heteroatoms. The van der Waals surface area contributed by atoms with E-state index in [0.717, 1.165) is 6.54 Å². The number of nitrogens with zero attached hydrogens (tertiary/aromatic N) is 2. The van der Waals surface area contributed by atoms with E-state index in [1.165, 1.54) is 69.0 Å². The third-order valence-electron chi connectivity index (χ3n) is 4.04. The quantitative estimate of drug-likeness (QED) is 0.357. The molecule has 0 aliphatic rings. The minimum Gasteiger partial charge on any atom is -0.378 e. The summed E-state index contributed by atoms with van der Waals surface area (Å²) in [5, 5.41) is 0. The first-order valence-corrected chi connectivity index (χ1v) is 9.01. The SMILES string of the molecule is CCCCCCCCCCC/N=C/c1ccc(N(C)C)cc1. The van der Waals surface area contributed by atoms with Gasteiger partial charge in [-0.1, -0.05) is 70.4 Å². The predicted octanol–water partition coefficient (Wildman–Crippen LogP) is 5.70. The van der Waals surface area contributed by atoms with Gasteiger partial charge < -0.3 is 4.90 Å². The first kappa shape index (κ1) is 18.7. The van der Waals surface area contributed by atoms with Gasteiger partial charge in [-0.3, -0.25) is 4.99 Å². The summed E-state index contributed by atoms with van der Waals surface area (Å²) >= 11 is 0. The average Bonchev–Trinajstić information content (AvgIpc) is 2.53. The first-order valence-electron chi connectivity index (χ1n) is 9.01. The van der Waals surface area contributed by atoms with Crippen LogP contribution in [0.4, 0.5) is 5.69 Å². The van der Waals surface area contributed by atoms with Crippen LogP contribution in [0.2, 0.25) is 0 Å². The van der Waals surface area contributed by atoms with E-state index in [-0.39, 0.29) is 0 Å². The average molecular weight is 303 g/mol. The molecule has 0 atom stereocenters. The van der Waals surface area contributed by atoms with Gasteiger partial charge in [0.15, 0.2) is 0 Å². The van der Waals surface area contributed by atoms with Crippen LogP contribution in [0.1, 0.15) is 70.3 Å². The molecule has 0 N–H and O–H groups in total. The van der Waals surface area contributed by atoms with Crippen molar-refractivity contribution >= 4 is 11.9 Å². The van der Waals surface area contributed by atoms with Gasteiger partial charge >= 0.3 is 0 Å². The van der Waals surface area contributed by atoms with Crippen molar-refractivity contribution in [1.82, 2.24) is 0 Å². The Balaban J connectivity index is 2.02. The van der Waals surface area contributed by atoms with Gasteiger partial charge in [-0.2, -0.15) is 0 Å². The van der Waals surface area contributed by atoms with Crippen LogP contribution in [0.3, 0.4) is 0 Å². The van der Waals surface area contributed by atoms with Crippen molar-refractivity contribution in [3.8, 4) is 0 Å². The molecule has 0 aliphatic heterocycles. The Labute approximate surface area is 137 Å². The van der Waals surface area contributed by atoms with Crippen molar-refractivity contribution in [3.05, 3.63) is 29.8 Å². The van der Waals surface area contributed by atoms with Crippen molar-refractivity contribution in [3.63, 3.8) is 0 Å². The topological polar surface area (TPSA) is 15.6 Å². The summed E-state index contributed by atoms with van der Waals surface area (Å²) in [5.41, 5.74) is 2.43. The van der Waals surface area contributed by atoms with Crippen LogP contribution in [0, 0.1) is 0 Å². The molecule has 1 aromatic carbocycles. The van der Waals surface area contributed by atoms with Crippen LogP contribution >= 0.6 is 0 Å². The highest BCUT2D eigenvalue weighted by molar-refractivity contribution is 5.80. The van der Waals surface area contributed by atoms with Gasteiger partial charge in [0, 0.05) is 32.5 Å². The number of unbranched alkanes of at least 4 members (excludes halogenated alkanes) is 8. The second-order valence-corrected chi connectivity index (χ2v) is 6.35. The van der Waals surface area contributed by atoms with E-state index in [0.29, 0.717) is 0 Å². The molecule has 0 heterocycles. The third-order valence-corrected chi connectivity index (χ3v) is 4.04. The van der Waals surface area contributed by atoms with E-state index in [1.807, 2.05) is 6.21 Å². The van der Waals surface area contributed by atoms with Gasteiger partial charge in [0.2, 0.25) is 0 Å². The van der Waals surface area contributed by atoms with E-state index < -0.39 is 0 Å². The number of rotatable bonds is 12. The van der Waals surface area contributed by atoms with Crippen LogP contribution < -0.4 is 4.90 Å². The van der Waals surface area contributed by atoms with Gasteiger partial charge in [-0.05, 0) is 24.1 Å². The van der Waals surface area contributed by atoms with Gasteiger partial charge in [0.1, 0.15) is 0 Å². The Kier molecular flexibility index (Phi) is 10.4. The zero-order valence-electron chi connectivity index (χ0n) is 14.9. The second kappa shape index (κ2) is 12.3. The zero-order valence-corrected chi connectivity index (χ0v) is 14.9. The monoisotopic (exact) mass is 302 g/mol. The smallest absolute Gasteiger partial charge is 0.0389 e. The number of benzene rings is 1. The van der Waals surface area contributed by atoms with Gasteiger partial charge in [-0.25, -0.2) is 0 Å². The standard InChI is InChI=1S/C20H34N2/c1-4-5-6-7-8-9-10-11-12-17-21-18-19-13-15-20(16-14-19)22(2)3/h13-16,18H,4-12,17H2,1-3H3/b21-18+. The summed E-state index contributed by atoms with van der Waals surface area (Å²) in [4.78, 5) is 6.65. The minimum atomic E-state index is 0.964. The molecule has 0 aromatic heterocycles. The maximum atomic E-state index is 4.54. The summed E-state index contributed by atoms with van der Waals surface area (Å²) in [6.07, 6.45) is 14.3. The van der Waals surface area contributed by atoms with Crippen molar-refractivity contribution in [2.24, 2.45) is 4.99 Å². The number of hydrogen-bond acceptors (Lipinski definition) is 2. The summed E-state index contributed by atoms with van der Waals surface area (Å²) < 4.78 is 0. The summed E-state index contributed by atoms with van der Waals surface area (Å²) in [6, 6.07) is 8.55. The Bertz CT molecular complexity index is 393. The van der Waals surface area contributed by atoms with E-state index >= 15 is 0 Å². The molecule has 0 radical (unpaired) electrons. The van der Waals surface area contributed by atoms with Crippen molar-refractivity contribution < 1.29 is 0 Å². The molecular weight excluding hydrogens is 268 g/mol. The van der Waals surface area contributed by atoms with E-state index in [2.05, 4.69) is 55.2 Å². The molecule has 0 spiro atoms. The van der Waals surface area contributed by atoms with E-state index in [4.69, 9.17) is 0 Å². The Hall–Kier alpha value is -1.31. The second-order valence-electron chi connectivity index (χ2n) is 6.35. The molecule has 0 amide bonds. The lowest BCUT2D eigenvalue weighted by Gasteiger charge is -2.11. The van der Waals surface area contributed by atoms with Crippen molar-refractivity contribution in [2.45, 2.75) is 64.7 Å². The number of anilines is 1.